The molecular weight excluding hydrogens is 314 g/mol. The maximum Gasteiger partial charge on any atom is 0.346 e. The Kier molecular flexibility index (Phi) is 5.33. The lowest BCUT2D eigenvalue weighted by molar-refractivity contribution is -0.132. The van der Waals surface area contributed by atoms with Crippen molar-refractivity contribution < 1.29 is 9.90 Å². The third-order valence-electron chi connectivity index (χ3n) is 4.75. The van der Waals surface area contributed by atoms with Gasteiger partial charge in [-0.1, -0.05) is 6.92 Å². The Labute approximate surface area is 148 Å². The molecule has 0 radical (unpaired) electrons. The van der Waals surface area contributed by atoms with E-state index in [2.05, 4.69) is 38.5 Å². The monoisotopic (exact) mass is 337 g/mol. The molecule has 5 heteroatoms. The molecule has 0 atom stereocenters. The molecule has 0 spiro atoms. The molecule has 0 saturated carbocycles. The molecule has 2 rings (SSSR count). The number of hydrogen-bond donors (Lipinski definition) is 1. The Bertz CT molecular complexity index is 918. The maximum absolute atomic E-state index is 11.0. The second kappa shape index (κ2) is 7.27. The fraction of sp³-hybridized carbons (Fsp3) is 0.300. The van der Waals surface area contributed by atoms with Crippen LogP contribution in [-0.4, -0.2) is 20.2 Å². The molecule has 0 aromatic carbocycles. The van der Waals surface area contributed by atoms with Crippen molar-refractivity contribution in [2.75, 3.05) is 0 Å². The van der Waals surface area contributed by atoms with Gasteiger partial charge in [0.1, 0.15) is 11.6 Å². The molecule has 0 bridgehead atoms. The van der Waals surface area contributed by atoms with Crippen LogP contribution in [0.4, 0.5) is 0 Å². The molecule has 0 aliphatic carbocycles. The van der Waals surface area contributed by atoms with Gasteiger partial charge in [-0.15, -0.1) is 0 Å². The normalized spacial score (nSPS) is 11.9. The number of nitrogens with zero attached hydrogens (tertiary/aromatic N) is 3. The molecule has 2 aromatic rings. The molecule has 0 saturated heterocycles. The summed E-state index contributed by atoms with van der Waals surface area (Å²) in [5.74, 6) is -1.22. The summed E-state index contributed by atoms with van der Waals surface area (Å²) in [6.45, 7) is 6.43. The van der Waals surface area contributed by atoms with Crippen molar-refractivity contribution in [3.63, 3.8) is 0 Å². The second-order valence-corrected chi connectivity index (χ2v) is 6.04. The quantitative estimate of drug-likeness (QED) is 0.668. The van der Waals surface area contributed by atoms with E-state index in [0.29, 0.717) is 5.69 Å². The summed E-state index contributed by atoms with van der Waals surface area (Å²) in [6.07, 6.45) is 6.47. The average molecular weight is 337 g/mol. The Morgan fingerprint density at radius 1 is 1.20 bits per heavy atom. The fourth-order valence-electron chi connectivity index (χ4n) is 3.13. The highest BCUT2D eigenvalue weighted by Crippen LogP contribution is 2.24. The highest BCUT2D eigenvalue weighted by atomic mass is 16.4. The summed E-state index contributed by atoms with van der Waals surface area (Å²) in [7, 11) is 3.91. The van der Waals surface area contributed by atoms with Gasteiger partial charge in [0.15, 0.2) is 0 Å². The number of aromatic nitrogens is 2. The summed E-state index contributed by atoms with van der Waals surface area (Å²) < 4.78 is 4.05. The topological polar surface area (TPSA) is 71.0 Å². The first-order valence-electron chi connectivity index (χ1n) is 8.15. The SMILES string of the molecule is CCc1c(C)c(/C=C/c2ccc(/C=C(\C#N)C(=O)O)n2C)n(C)c1C. The van der Waals surface area contributed by atoms with Crippen LogP contribution in [0.25, 0.3) is 18.2 Å². The Morgan fingerprint density at radius 3 is 2.36 bits per heavy atom. The Hall–Kier alpha value is -3.00. The Balaban J connectivity index is 2.39. The van der Waals surface area contributed by atoms with Crippen molar-refractivity contribution in [2.45, 2.75) is 27.2 Å². The number of carboxylic acid groups (broad SMARTS) is 1. The van der Waals surface area contributed by atoms with Crippen LogP contribution in [0.3, 0.4) is 0 Å². The highest BCUT2D eigenvalue weighted by molar-refractivity contribution is 5.96. The van der Waals surface area contributed by atoms with E-state index in [-0.39, 0.29) is 5.57 Å². The number of rotatable bonds is 5. The molecule has 130 valence electrons. The lowest BCUT2D eigenvalue weighted by Gasteiger charge is -2.03. The van der Waals surface area contributed by atoms with Crippen molar-refractivity contribution in [3.8, 4) is 6.07 Å². The van der Waals surface area contributed by atoms with Gasteiger partial charge in [-0.05, 0) is 61.8 Å². The van der Waals surface area contributed by atoms with Crippen LogP contribution < -0.4 is 0 Å². The van der Waals surface area contributed by atoms with E-state index < -0.39 is 5.97 Å². The van der Waals surface area contributed by atoms with E-state index in [1.54, 1.807) is 12.1 Å². The van der Waals surface area contributed by atoms with Crippen LogP contribution in [0, 0.1) is 25.2 Å². The van der Waals surface area contributed by atoms with Crippen LogP contribution >= 0.6 is 0 Å². The number of aliphatic carboxylic acids is 1. The van der Waals surface area contributed by atoms with Crippen LogP contribution in [0.15, 0.2) is 17.7 Å². The molecule has 5 nitrogen and oxygen atoms in total. The van der Waals surface area contributed by atoms with Gasteiger partial charge in [0.2, 0.25) is 0 Å². The lowest BCUT2D eigenvalue weighted by Crippen LogP contribution is -2.00. The van der Waals surface area contributed by atoms with E-state index in [1.165, 1.54) is 22.9 Å². The standard InChI is InChI=1S/C20H23N3O2/c1-6-18-13(2)19(22(4)14(18)3)10-9-16-7-8-17(23(16)5)11-15(12-21)20(24)25/h7-11H,6H2,1-5H3,(H,24,25)/b10-9+,15-11+. The van der Waals surface area contributed by atoms with Crippen molar-refractivity contribution in [2.24, 2.45) is 14.1 Å². The number of carboxylic acids is 1. The number of carbonyl (C=O) groups is 1. The van der Waals surface area contributed by atoms with Gasteiger partial charge in [-0.2, -0.15) is 5.26 Å². The fourth-order valence-corrected chi connectivity index (χ4v) is 3.13. The van der Waals surface area contributed by atoms with E-state index >= 15 is 0 Å². The van der Waals surface area contributed by atoms with E-state index in [4.69, 9.17) is 10.4 Å². The first kappa shape index (κ1) is 18.3. The zero-order valence-corrected chi connectivity index (χ0v) is 15.3. The highest BCUT2D eigenvalue weighted by Gasteiger charge is 2.12. The van der Waals surface area contributed by atoms with Gasteiger partial charge in [-0.25, -0.2) is 4.79 Å². The van der Waals surface area contributed by atoms with E-state index in [9.17, 15) is 4.79 Å². The third-order valence-corrected chi connectivity index (χ3v) is 4.75. The Morgan fingerprint density at radius 2 is 1.84 bits per heavy atom. The number of hydrogen-bond acceptors (Lipinski definition) is 2. The second-order valence-electron chi connectivity index (χ2n) is 6.04. The largest absolute Gasteiger partial charge is 0.477 e. The molecule has 0 unspecified atom stereocenters. The van der Waals surface area contributed by atoms with Gasteiger partial charge in [0.05, 0.1) is 0 Å². The van der Waals surface area contributed by atoms with Crippen LogP contribution in [-0.2, 0) is 25.3 Å². The van der Waals surface area contributed by atoms with Crippen molar-refractivity contribution in [1.29, 1.82) is 5.26 Å². The van der Waals surface area contributed by atoms with Crippen molar-refractivity contribution in [1.82, 2.24) is 9.13 Å². The first-order chi connectivity index (χ1) is 11.8. The first-order valence-corrected chi connectivity index (χ1v) is 8.15. The summed E-state index contributed by atoms with van der Waals surface area (Å²) in [6, 6.07) is 5.42. The smallest absolute Gasteiger partial charge is 0.346 e. The molecule has 2 aromatic heterocycles. The minimum Gasteiger partial charge on any atom is -0.477 e. The van der Waals surface area contributed by atoms with Gasteiger partial charge in [-0.3, -0.25) is 0 Å². The average Bonchev–Trinajstić information content (AvgIpc) is 3.01. The summed E-state index contributed by atoms with van der Waals surface area (Å²) >= 11 is 0. The predicted octanol–water partition coefficient (Wildman–Crippen LogP) is 3.70. The van der Waals surface area contributed by atoms with E-state index in [0.717, 1.165) is 17.8 Å². The minimum absolute atomic E-state index is 0.279. The summed E-state index contributed by atoms with van der Waals surface area (Å²) in [5.41, 5.74) is 6.42. The lowest BCUT2D eigenvalue weighted by atomic mass is 10.1. The summed E-state index contributed by atoms with van der Waals surface area (Å²) in [4.78, 5) is 11.0. The molecule has 2 heterocycles. The summed E-state index contributed by atoms with van der Waals surface area (Å²) in [5, 5.41) is 17.9. The minimum atomic E-state index is -1.22. The van der Waals surface area contributed by atoms with Crippen LogP contribution in [0.1, 0.15) is 40.8 Å². The number of nitriles is 1. The molecule has 25 heavy (non-hydrogen) atoms. The zero-order chi connectivity index (χ0) is 18.7. The van der Waals surface area contributed by atoms with Crippen LogP contribution in [0.5, 0.6) is 0 Å². The third kappa shape index (κ3) is 3.43. The van der Waals surface area contributed by atoms with Crippen molar-refractivity contribution >= 4 is 24.2 Å². The molecular formula is C20H23N3O2. The van der Waals surface area contributed by atoms with Gasteiger partial charge < -0.3 is 14.2 Å². The predicted molar refractivity (Wildman–Crippen MR) is 99.8 cm³/mol. The molecule has 0 fully saturated rings. The maximum atomic E-state index is 11.0. The van der Waals surface area contributed by atoms with E-state index in [1.807, 2.05) is 23.8 Å². The molecule has 0 amide bonds. The molecule has 0 aliphatic rings. The molecule has 0 aliphatic heterocycles. The zero-order valence-electron chi connectivity index (χ0n) is 15.3. The van der Waals surface area contributed by atoms with Crippen molar-refractivity contribution in [3.05, 3.63) is 51.6 Å². The van der Waals surface area contributed by atoms with Crippen LogP contribution in [0.2, 0.25) is 0 Å². The van der Waals surface area contributed by atoms with Gasteiger partial charge >= 0.3 is 5.97 Å². The molecule has 1 N–H and O–H groups in total. The van der Waals surface area contributed by atoms with Gasteiger partial charge in [0.25, 0.3) is 0 Å². The van der Waals surface area contributed by atoms with Gasteiger partial charge in [0, 0.05) is 36.9 Å².